The number of aromatic amines is 1. The van der Waals surface area contributed by atoms with Crippen LogP contribution in [0.25, 0.3) is 11.1 Å². The van der Waals surface area contributed by atoms with Crippen molar-refractivity contribution in [2.45, 2.75) is 11.3 Å². The van der Waals surface area contributed by atoms with Crippen molar-refractivity contribution in [2.75, 3.05) is 5.75 Å². The van der Waals surface area contributed by atoms with E-state index in [1.54, 1.807) is 0 Å². The molecule has 1 heterocycles. The molecule has 0 amide bonds. The number of aromatic nitrogens is 1. The van der Waals surface area contributed by atoms with E-state index in [1.807, 2.05) is 0 Å². The average Bonchev–Trinajstić information content (AvgIpc) is 2.65. The van der Waals surface area contributed by atoms with Crippen LogP contribution in [0.5, 0.6) is 0 Å². The molecule has 18 heavy (non-hydrogen) atoms. The number of carboxylic acids is 1. The Labute approximate surface area is 101 Å². The summed E-state index contributed by atoms with van der Waals surface area (Å²) in [6.45, 7) is 0. The smallest absolute Gasteiger partial charge is 0.417 e. The van der Waals surface area contributed by atoms with Gasteiger partial charge in [-0.25, -0.2) is 13.2 Å². The van der Waals surface area contributed by atoms with Crippen LogP contribution < -0.4 is 10.9 Å². The van der Waals surface area contributed by atoms with Crippen LogP contribution >= 0.6 is 0 Å². The predicted molar refractivity (Wildman–Crippen MR) is 58.5 cm³/mol. The summed E-state index contributed by atoms with van der Waals surface area (Å²) in [4.78, 5) is 23.4. The third-order valence-corrected chi connectivity index (χ3v) is 4.04. The van der Waals surface area contributed by atoms with Gasteiger partial charge in [-0.05, 0) is 12.1 Å². The van der Waals surface area contributed by atoms with E-state index in [0.717, 1.165) is 0 Å². The molecule has 0 aliphatic carbocycles. The van der Waals surface area contributed by atoms with Crippen LogP contribution in [0.3, 0.4) is 0 Å². The van der Waals surface area contributed by atoms with E-state index in [2.05, 4.69) is 4.98 Å². The number of benzene rings is 1. The van der Waals surface area contributed by atoms with Crippen molar-refractivity contribution in [3.63, 3.8) is 0 Å². The van der Waals surface area contributed by atoms with Crippen LogP contribution in [0.15, 0.2) is 32.3 Å². The second kappa shape index (κ2) is 4.30. The minimum atomic E-state index is -3.73. The zero-order valence-electron chi connectivity index (χ0n) is 9.00. The number of oxazole rings is 1. The van der Waals surface area contributed by atoms with E-state index < -0.39 is 33.7 Å². The Kier molecular flexibility index (Phi) is 2.95. The molecule has 2 rings (SSSR count). The summed E-state index contributed by atoms with van der Waals surface area (Å²) in [5.74, 6) is -2.68. The number of carbonyl (C=O) groups excluding carboxylic acids is 1. The summed E-state index contributed by atoms with van der Waals surface area (Å²) in [5.41, 5.74) is 0.480. The van der Waals surface area contributed by atoms with E-state index in [0.29, 0.717) is 5.52 Å². The van der Waals surface area contributed by atoms with Crippen LogP contribution in [0.1, 0.15) is 6.42 Å². The zero-order valence-corrected chi connectivity index (χ0v) is 9.82. The highest BCUT2D eigenvalue weighted by Gasteiger charge is 2.16. The highest BCUT2D eigenvalue weighted by atomic mass is 32.2. The summed E-state index contributed by atoms with van der Waals surface area (Å²) < 4.78 is 28.3. The van der Waals surface area contributed by atoms with Gasteiger partial charge in [-0.1, -0.05) is 0 Å². The van der Waals surface area contributed by atoms with Crippen molar-refractivity contribution in [3.05, 3.63) is 28.7 Å². The van der Waals surface area contributed by atoms with E-state index in [9.17, 15) is 23.1 Å². The second-order valence-electron chi connectivity index (χ2n) is 3.61. The molecule has 0 aliphatic heterocycles. The molecule has 2 aromatic rings. The molecule has 0 saturated heterocycles. The Morgan fingerprint density at radius 3 is 2.78 bits per heavy atom. The normalized spacial score (nSPS) is 11.8. The molecule has 1 aromatic heterocycles. The molecule has 0 fully saturated rings. The molecular formula is C10H8NO6S-. The number of rotatable bonds is 4. The third-order valence-electron chi connectivity index (χ3n) is 2.33. The van der Waals surface area contributed by atoms with Gasteiger partial charge >= 0.3 is 5.76 Å². The average molecular weight is 270 g/mol. The zero-order chi connectivity index (χ0) is 13.3. The van der Waals surface area contributed by atoms with E-state index in [4.69, 9.17) is 4.42 Å². The van der Waals surface area contributed by atoms with E-state index >= 15 is 0 Å². The molecule has 8 heteroatoms. The van der Waals surface area contributed by atoms with Gasteiger partial charge < -0.3 is 14.3 Å². The molecule has 0 radical (unpaired) electrons. The highest BCUT2D eigenvalue weighted by Crippen LogP contribution is 2.18. The maximum absolute atomic E-state index is 11.8. The molecular weight excluding hydrogens is 262 g/mol. The quantitative estimate of drug-likeness (QED) is 0.763. The van der Waals surface area contributed by atoms with Gasteiger partial charge in [-0.15, -0.1) is 0 Å². The number of sulfone groups is 1. The Morgan fingerprint density at radius 1 is 1.39 bits per heavy atom. The van der Waals surface area contributed by atoms with Gasteiger partial charge in [0.1, 0.15) is 0 Å². The molecule has 0 aliphatic rings. The third kappa shape index (κ3) is 2.43. The number of hydrogen-bond donors (Lipinski definition) is 1. The maximum Gasteiger partial charge on any atom is 0.417 e. The first-order chi connectivity index (χ1) is 8.38. The molecule has 0 bridgehead atoms. The highest BCUT2D eigenvalue weighted by molar-refractivity contribution is 7.91. The van der Waals surface area contributed by atoms with Gasteiger partial charge in [-0.3, -0.25) is 4.98 Å². The van der Waals surface area contributed by atoms with Gasteiger partial charge in [0.05, 0.1) is 16.2 Å². The van der Waals surface area contributed by atoms with Crippen LogP contribution in [0.4, 0.5) is 0 Å². The predicted octanol–water partition coefficient (Wildman–Crippen LogP) is -0.965. The van der Waals surface area contributed by atoms with Gasteiger partial charge in [0.2, 0.25) is 0 Å². The van der Waals surface area contributed by atoms with Gasteiger partial charge in [-0.2, -0.15) is 0 Å². The number of fused-ring (bicyclic) bond motifs is 1. The first kappa shape index (κ1) is 12.4. The maximum atomic E-state index is 11.8. The summed E-state index contributed by atoms with van der Waals surface area (Å²) >= 11 is 0. The number of nitrogens with one attached hydrogen (secondary N) is 1. The van der Waals surface area contributed by atoms with Gasteiger partial charge in [0, 0.05) is 18.5 Å². The summed E-state index contributed by atoms with van der Waals surface area (Å²) in [6, 6.07) is 3.84. The molecule has 0 atom stereocenters. The number of hydrogen-bond acceptors (Lipinski definition) is 6. The van der Waals surface area contributed by atoms with E-state index in [-0.39, 0.29) is 10.5 Å². The van der Waals surface area contributed by atoms with Crippen LogP contribution in [0, 0.1) is 0 Å². The second-order valence-corrected chi connectivity index (χ2v) is 5.72. The fourth-order valence-corrected chi connectivity index (χ4v) is 2.69. The largest absolute Gasteiger partial charge is 0.550 e. The van der Waals surface area contributed by atoms with Crippen molar-refractivity contribution in [1.29, 1.82) is 0 Å². The van der Waals surface area contributed by atoms with Crippen molar-refractivity contribution in [1.82, 2.24) is 4.98 Å². The minimum absolute atomic E-state index is 0.0981. The Morgan fingerprint density at radius 2 is 2.11 bits per heavy atom. The minimum Gasteiger partial charge on any atom is -0.550 e. The molecule has 0 saturated carbocycles. The lowest BCUT2D eigenvalue weighted by atomic mass is 10.3. The summed E-state index contributed by atoms with van der Waals surface area (Å²) in [5, 5.41) is 10.3. The van der Waals surface area contributed by atoms with Crippen molar-refractivity contribution in [2.24, 2.45) is 0 Å². The van der Waals surface area contributed by atoms with Crippen LogP contribution in [0.2, 0.25) is 0 Å². The number of H-pyrrole nitrogens is 1. The van der Waals surface area contributed by atoms with E-state index in [1.165, 1.54) is 18.2 Å². The first-order valence-electron chi connectivity index (χ1n) is 4.94. The Balaban J connectivity index is 2.41. The summed E-state index contributed by atoms with van der Waals surface area (Å²) in [6.07, 6.45) is -0.586. The first-order valence-corrected chi connectivity index (χ1v) is 6.59. The lowest BCUT2D eigenvalue weighted by Crippen LogP contribution is -2.25. The van der Waals surface area contributed by atoms with Crippen molar-refractivity contribution < 1.29 is 22.7 Å². The molecule has 7 nitrogen and oxygen atoms in total. The molecule has 96 valence electrons. The molecule has 1 aromatic carbocycles. The number of aliphatic carboxylic acids is 1. The lowest BCUT2D eigenvalue weighted by Gasteiger charge is -2.04. The monoisotopic (exact) mass is 270 g/mol. The SMILES string of the molecule is O=C([O-])CCS(=O)(=O)c1ccc2[nH]c(=O)oc2c1. The number of carbonyl (C=O) groups is 1. The Bertz CT molecular complexity index is 754. The van der Waals surface area contributed by atoms with Gasteiger partial charge in [0.25, 0.3) is 0 Å². The van der Waals surface area contributed by atoms with Crippen molar-refractivity contribution >= 4 is 26.9 Å². The molecule has 0 spiro atoms. The standard InChI is InChI=1S/C10H9NO6S/c12-9(13)3-4-18(15,16)6-1-2-7-8(5-6)17-10(14)11-7/h1-2,5H,3-4H2,(H,11,14)(H,12,13)/p-1. The molecule has 0 unspecified atom stereocenters. The number of carboxylic acid groups (broad SMARTS) is 1. The molecule has 1 N–H and O–H groups in total. The van der Waals surface area contributed by atoms with Crippen LogP contribution in [-0.2, 0) is 14.6 Å². The van der Waals surface area contributed by atoms with Crippen molar-refractivity contribution in [3.8, 4) is 0 Å². The topological polar surface area (TPSA) is 120 Å². The summed E-state index contributed by atoms with van der Waals surface area (Å²) in [7, 11) is -3.73. The fourth-order valence-electron chi connectivity index (χ4n) is 1.45. The van der Waals surface area contributed by atoms with Crippen LogP contribution in [-0.4, -0.2) is 25.1 Å². The van der Waals surface area contributed by atoms with Gasteiger partial charge in [0.15, 0.2) is 15.4 Å². The Hall–Kier alpha value is -2.09. The fraction of sp³-hybridized carbons (Fsp3) is 0.200. The lowest BCUT2D eigenvalue weighted by molar-refractivity contribution is -0.305.